The van der Waals surface area contributed by atoms with E-state index in [9.17, 15) is 0 Å². The summed E-state index contributed by atoms with van der Waals surface area (Å²) in [6.07, 6.45) is 0. The summed E-state index contributed by atoms with van der Waals surface area (Å²) < 4.78 is 7.26. The van der Waals surface area contributed by atoms with Gasteiger partial charge in [0.05, 0.1) is 23.7 Å². The molecule has 134 valence electrons. The maximum Gasteiger partial charge on any atom is 0.258 e. The highest BCUT2D eigenvalue weighted by atomic mass is 16.5. The van der Waals surface area contributed by atoms with Gasteiger partial charge in [-0.1, -0.05) is 10.4 Å². The Morgan fingerprint density at radius 2 is 1.89 bits per heavy atom. The van der Waals surface area contributed by atoms with Crippen molar-refractivity contribution in [3.63, 3.8) is 0 Å². The number of aromatic nitrogens is 5. The molecule has 2 heterocycles. The van der Waals surface area contributed by atoms with Crippen LogP contribution in [-0.2, 0) is 6.54 Å². The topological polar surface area (TPSA) is 96.7 Å². The van der Waals surface area contributed by atoms with Crippen LogP contribution in [0.4, 0.5) is 0 Å². The first-order valence-corrected chi connectivity index (χ1v) is 8.46. The second-order valence-electron chi connectivity index (χ2n) is 6.43. The number of nitriles is 1. The van der Waals surface area contributed by atoms with Gasteiger partial charge in [0.2, 0.25) is 5.82 Å². The van der Waals surface area contributed by atoms with Gasteiger partial charge in [-0.15, -0.1) is 5.10 Å². The SMILES string of the molecule is CN(C)CCn1nnc2cc(-c3noc(-c4ccc(C#N)cc4)n3)ccc21. The van der Waals surface area contributed by atoms with E-state index >= 15 is 0 Å². The van der Waals surface area contributed by atoms with Crippen LogP contribution in [0.1, 0.15) is 5.56 Å². The van der Waals surface area contributed by atoms with Crippen molar-refractivity contribution >= 4 is 11.0 Å². The lowest BCUT2D eigenvalue weighted by Crippen LogP contribution is -2.18. The Hall–Kier alpha value is -3.57. The zero-order chi connectivity index (χ0) is 18.8. The first-order chi connectivity index (χ1) is 13.1. The van der Waals surface area contributed by atoms with Crippen molar-refractivity contribution in [2.45, 2.75) is 6.54 Å². The minimum Gasteiger partial charge on any atom is -0.334 e. The molecule has 8 heteroatoms. The van der Waals surface area contributed by atoms with Crippen molar-refractivity contribution in [1.29, 1.82) is 5.26 Å². The molecule has 0 aliphatic carbocycles. The molecule has 2 aromatic heterocycles. The van der Waals surface area contributed by atoms with Gasteiger partial charge in [0.25, 0.3) is 5.89 Å². The van der Waals surface area contributed by atoms with Gasteiger partial charge in [-0.05, 0) is 56.6 Å². The summed E-state index contributed by atoms with van der Waals surface area (Å²) in [5.74, 6) is 0.892. The molecule has 0 aliphatic heterocycles. The van der Waals surface area contributed by atoms with E-state index in [-0.39, 0.29) is 0 Å². The maximum absolute atomic E-state index is 8.88. The van der Waals surface area contributed by atoms with Crippen molar-refractivity contribution in [3.05, 3.63) is 48.0 Å². The largest absolute Gasteiger partial charge is 0.334 e. The molecule has 0 unspecified atom stereocenters. The van der Waals surface area contributed by atoms with Crippen LogP contribution in [0, 0.1) is 11.3 Å². The summed E-state index contributed by atoms with van der Waals surface area (Å²) in [5, 5.41) is 21.4. The first kappa shape index (κ1) is 16.9. The second kappa shape index (κ2) is 6.97. The molecule has 4 aromatic rings. The van der Waals surface area contributed by atoms with Gasteiger partial charge in [-0.25, -0.2) is 4.68 Å². The van der Waals surface area contributed by atoms with Crippen molar-refractivity contribution < 1.29 is 4.52 Å². The number of fused-ring (bicyclic) bond motifs is 1. The number of likely N-dealkylation sites (N-methyl/N-ethyl adjacent to an activating group) is 1. The summed E-state index contributed by atoms with van der Waals surface area (Å²) in [4.78, 5) is 6.56. The molecule has 0 radical (unpaired) electrons. The first-order valence-electron chi connectivity index (χ1n) is 8.46. The fourth-order valence-electron chi connectivity index (χ4n) is 2.72. The molecular formula is C19H17N7O. The van der Waals surface area contributed by atoms with Gasteiger partial charge in [0.15, 0.2) is 0 Å². The van der Waals surface area contributed by atoms with Gasteiger partial charge < -0.3 is 9.42 Å². The van der Waals surface area contributed by atoms with Gasteiger partial charge >= 0.3 is 0 Å². The van der Waals surface area contributed by atoms with E-state index < -0.39 is 0 Å². The molecule has 8 nitrogen and oxygen atoms in total. The Kier molecular flexibility index (Phi) is 4.36. The van der Waals surface area contributed by atoms with Crippen molar-refractivity contribution in [2.24, 2.45) is 0 Å². The fraction of sp³-hybridized carbons (Fsp3) is 0.211. The average molecular weight is 359 g/mol. The molecular weight excluding hydrogens is 342 g/mol. The van der Waals surface area contributed by atoms with Crippen LogP contribution < -0.4 is 0 Å². The van der Waals surface area contributed by atoms with E-state index in [1.165, 1.54) is 0 Å². The number of benzene rings is 2. The van der Waals surface area contributed by atoms with E-state index in [2.05, 4.69) is 31.4 Å². The predicted octanol–water partition coefficient (Wildman–Crippen LogP) is 2.58. The third-order valence-electron chi connectivity index (χ3n) is 4.22. The van der Waals surface area contributed by atoms with E-state index in [1.807, 2.05) is 37.0 Å². The van der Waals surface area contributed by atoms with Crippen LogP contribution in [0.2, 0.25) is 0 Å². The molecule has 0 aliphatic rings. The molecule has 0 saturated heterocycles. The second-order valence-corrected chi connectivity index (χ2v) is 6.43. The Bertz CT molecular complexity index is 1120. The lowest BCUT2D eigenvalue weighted by molar-refractivity contribution is 0.374. The van der Waals surface area contributed by atoms with Crippen LogP contribution in [0.3, 0.4) is 0 Å². The summed E-state index contributed by atoms with van der Waals surface area (Å²) in [6, 6.07) is 14.9. The lowest BCUT2D eigenvalue weighted by atomic mass is 10.1. The summed E-state index contributed by atoms with van der Waals surface area (Å²) in [6.45, 7) is 1.66. The maximum atomic E-state index is 8.88. The van der Waals surface area contributed by atoms with Gasteiger partial charge in [0.1, 0.15) is 5.52 Å². The normalized spacial score (nSPS) is 11.2. The molecule has 0 amide bonds. The molecule has 0 atom stereocenters. The van der Waals surface area contributed by atoms with E-state index in [0.717, 1.165) is 35.2 Å². The Labute approximate surface area is 155 Å². The van der Waals surface area contributed by atoms with E-state index in [1.54, 1.807) is 24.3 Å². The highest BCUT2D eigenvalue weighted by Gasteiger charge is 2.13. The predicted molar refractivity (Wildman–Crippen MR) is 99.5 cm³/mol. The number of nitrogens with zero attached hydrogens (tertiary/aromatic N) is 7. The van der Waals surface area contributed by atoms with Crippen LogP contribution >= 0.6 is 0 Å². The van der Waals surface area contributed by atoms with Crippen LogP contribution in [0.5, 0.6) is 0 Å². The number of rotatable bonds is 5. The third-order valence-corrected chi connectivity index (χ3v) is 4.22. The monoisotopic (exact) mass is 359 g/mol. The zero-order valence-corrected chi connectivity index (χ0v) is 15.0. The van der Waals surface area contributed by atoms with Crippen molar-refractivity contribution in [2.75, 3.05) is 20.6 Å². The Morgan fingerprint density at radius 3 is 2.63 bits per heavy atom. The van der Waals surface area contributed by atoms with E-state index in [0.29, 0.717) is 17.3 Å². The van der Waals surface area contributed by atoms with Crippen molar-refractivity contribution in [3.8, 4) is 28.9 Å². The van der Waals surface area contributed by atoms with Crippen molar-refractivity contribution in [1.82, 2.24) is 30.0 Å². The summed E-state index contributed by atoms with van der Waals surface area (Å²) in [7, 11) is 4.05. The quantitative estimate of drug-likeness (QED) is 0.540. The number of hydrogen-bond acceptors (Lipinski definition) is 7. The zero-order valence-electron chi connectivity index (χ0n) is 15.0. The minimum absolute atomic E-state index is 0.407. The Balaban J connectivity index is 1.61. The standard InChI is InChI=1S/C19H17N7O/c1-25(2)9-10-26-17-8-7-15(11-16(17)22-24-26)18-21-19(27-23-18)14-5-3-13(12-20)4-6-14/h3-8,11H,9-10H2,1-2H3. The average Bonchev–Trinajstić information content (AvgIpc) is 3.33. The molecule has 27 heavy (non-hydrogen) atoms. The highest BCUT2D eigenvalue weighted by molar-refractivity contribution is 5.80. The van der Waals surface area contributed by atoms with Gasteiger partial charge in [-0.2, -0.15) is 10.2 Å². The smallest absolute Gasteiger partial charge is 0.258 e. The summed E-state index contributed by atoms with van der Waals surface area (Å²) in [5.41, 5.74) is 3.92. The molecule has 0 fully saturated rings. The molecule has 0 saturated carbocycles. The van der Waals surface area contributed by atoms with Gasteiger partial charge in [-0.3, -0.25) is 0 Å². The van der Waals surface area contributed by atoms with E-state index in [4.69, 9.17) is 9.78 Å². The molecule has 0 N–H and O–H groups in total. The molecule has 0 bridgehead atoms. The third kappa shape index (κ3) is 3.41. The number of hydrogen-bond donors (Lipinski definition) is 0. The van der Waals surface area contributed by atoms with Crippen LogP contribution in [0.15, 0.2) is 47.0 Å². The molecule has 2 aromatic carbocycles. The van der Waals surface area contributed by atoms with Crippen LogP contribution in [-0.4, -0.2) is 50.7 Å². The van der Waals surface area contributed by atoms with Gasteiger partial charge in [0, 0.05) is 17.7 Å². The lowest BCUT2D eigenvalue weighted by Gasteiger charge is -2.09. The summed E-state index contributed by atoms with van der Waals surface area (Å²) >= 11 is 0. The minimum atomic E-state index is 0.407. The highest BCUT2D eigenvalue weighted by Crippen LogP contribution is 2.24. The fourth-order valence-corrected chi connectivity index (χ4v) is 2.72. The Morgan fingerprint density at radius 1 is 1.11 bits per heavy atom. The molecule has 0 spiro atoms. The molecule has 4 rings (SSSR count). The van der Waals surface area contributed by atoms with Crippen LogP contribution in [0.25, 0.3) is 33.9 Å².